The number of para-hydroxylation sites is 1. The fourth-order valence-corrected chi connectivity index (χ4v) is 4.68. The van der Waals surface area contributed by atoms with Gasteiger partial charge in [-0.15, -0.1) is 0 Å². The van der Waals surface area contributed by atoms with Gasteiger partial charge in [-0.25, -0.2) is 0 Å². The third-order valence-electron chi connectivity index (χ3n) is 4.87. The minimum absolute atomic E-state index is 0.318. The van der Waals surface area contributed by atoms with Crippen LogP contribution in [0.5, 0.6) is 0 Å². The molecule has 8 heteroatoms. The zero-order chi connectivity index (χ0) is 22.1. The first-order valence-electron chi connectivity index (χ1n) is 9.61. The quantitative estimate of drug-likeness (QED) is 0.333. The van der Waals surface area contributed by atoms with Crippen molar-refractivity contribution in [3.05, 3.63) is 93.7 Å². The van der Waals surface area contributed by atoms with E-state index in [9.17, 15) is 4.79 Å². The van der Waals surface area contributed by atoms with Crippen molar-refractivity contribution in [3.63, 3.8) is 0 Å². The summed E-state index contributed by atoms with van der Waals surface area (Å²) in [4.78, 5) is 25.7. The molecule has 0 spiro atoms. The summed E-state index contributed by atoms with van der Waals surface area (Å²) in [6.07, 6.45) is 7.14. The number of aromatic nitrogens is 2. The fourth-order valence-electron chi connectivity index (χ4n) is 3.37. The Morgan fingerprint density at radius 1 is 0.938 bits per heavy atom. The van der Waals surface area contributed by atoms with Crippen molar-refractivity contribution in [1.29, 1.82) is 0 Å². The number of benzene rings is 2. The Labute approximate surface area is 198 Å². The average Bonchev–Trinajstić information content (AvgIpc) is 3.15. The maximum Gasteiger partial charge on any atom is 0.286 e. The van der Waals surface area contributed by atoms with Gasteiger partial charge in [-0.2, -0.15) is 4.99 Å². The fraction of sp³-hybridized carbons (Fsp3) is 0. The molecule has 0 atom stereocenters. The lowest BCUT2D eigenvalue weighted by Gasteiger charge is -2.09. The van der Waals surface area contributed by atoms with Crippen molar-refractivity contribution in [2.24, 2.45) is 4.99 Å². The first-order chi connectivity index (χ1) is 15.6. The molecule has 1 aliphatic rings. The molecule has 5 rings (SSSR count). The number of thioether (sulfide) groups is 1. The van der Waals surface area contributed by atoms with Gasteiger partial charge in [0.05, 0.1) is 26.2 Å². The smallest absolute Gasteiger partial charge is 0.286 e. The van der Waals surface area contributed by atoms with E-state index in [4.69, 9.17) is 23.2 Å². The number of amides is 1. The van der Waals surface area contributed by atoms with Gasteiger partial charge in [0.15, 0.2) is 5.17 Å². The Balaban J connectivity index is 1.45. The first kappa shape index (κ1) is 20.7. The number of carbonyl (C=O) groups is 1. The maximum atomic E-state index is 12.5. The molecule has 4 aromatic rings. The number of hydrogen-bond acceptors (Lipinski definition) is 5. The third kappa shape index (κ3) is 4.12. The van der Waals surface area contributed by atoms with E-state index < -0.39 is 0 Å². The zero-order valence-corrected chi connectivity index (χ0v) is 18.7. The largest absolute Gasteiger partial charge is 0.332 e. The molecule has 0 saturated heterocycles. The minimum Gasteiger partial charge on any atom is -0.332 e. The van der Waals surface area contributed by atoms with Crippen LogP contribution < -0.4 is 5.32 Å². The monoisotopic (exact) mass is 476 g/mol. The number of carbonyl (C=O) groups excluding carboxylic acids is 1. The third-order valence-corrected chi connectivity index (χ3v) is 6.40. The normalized spacial score (nSPS) is 14.8. The summed E-state index contributed by atoms with van der Waals surface area (Å²) in [7, 11) is 0. The predicted octanol–water partition coefficient (Wildman–Crippen LogP) is 6.69. The van der Waals surface area contributed by atoms with Gasteiger partial charge in [0.25, 0.3) is 5.91 Å². The SMILES string of the molecule is O=C1N=C(Nc2c(Cl)cccc2Cl)SC1=Cc1ccc2nccc(-c3ccncc3)c2c1. The molecule has 5 nitrogen and oxygen atoms in total. The van der Waals surface area contributed by atoms with Crippen LogP contribution in [0.4, 0.5) is 5.69 Å². The second-order valence-electron chi connectivity index (χ2n) is 6.93. The molecule has 3 heterocycles. The Morgan fingerprint density at radius 2 is 1.72 bits per heavy atom. The van der Waals surface area contributed by atoms with Crippen LogP contribution in [-0.2, 0) is 4.79 Å². The number of pyridine rings is 2. The highest BCUT2D eigenvalue weighted by atomic mass is 35.5. The Morgan fingerprint density at radius 3 is 2.50 bits per heavy atom. The first-order valence-corrected chi connectivity index (χ1v) is 11.2. The van der Waals surface area contributed by atoms with Gasteiger partial charge in [-0.3, -0.25) is 14.8 Å². The molecule has 2 aromatic heterocycles. The van der Waals surface area contributed by atoms with E-state index in [2.05, 4.69) is 20.3 Å². The number of aliphatic imine (C=N–C) groups is 1. The van der Waals surface area contributed by atoms with Crippen molar-refractivity contribution < 1.29 is 4.79 Å². The maximum absolute atomic E-state index is 12.5. The van der Waals surface area contributed by atoms with Crippen LogP contribution >= 0.6 is 35.0 Å². The van der Waals surface area contributed by atoms with Crippen molar-refractivity contribution in [2.45, 2.75) is 0 Å². The number of halogens is 2. The van der Waals surface area contributed by atoms with Crippen LogP contribution in [-0.4, -0.2) is 21.0 Å². The molecule has 156 valence electrons. The van der Waals surface area contributed by atoms with Crippen LogP contribution in [0.15, 0.2) is 83.1 Å². The van der Waals surface area contributed by atoms with Gasteiger partial charge < -0.3 is 5.32 Å². The van der Waals surface area contributed by atoms with Gasteiger partial charge in [0, 0.05) is 24.0 Å². The van der Waals surface area contributed by atoms with Crippen LogP contribution in [0, 0.1) is 0 Å². The number of anilines is 1. The molecule has 0 unspecified atom stereocenters. The number of amidine groups is 1. The van der Waals surface area contributed by atoms with Gasteiger partial charge in [0.1, 0.15) is 0 Å². The second-order valence-corrected chi connectivity index (χ2v) is 8.77. The number of hydrogen-bond donors (Lipinski definition) is 1. The molecule has 32 heavy (non-hydrogen) atoms. The summed E-state index contributed by atoms with van der Waals surface area (Å²) in [6, 6.07) is 17.0. The average molecular weight is 477 g/mol. The van der Waals surface area contributed by atoms with Crippen LogP contribution in [0.3, 0.4) is 0 Å². The number of rotatable bonds is 3. The molecule has 1 aliphatic heterocycles. The lowest BCUT2D eigenvalue weighted by Crippen LogP contribution is -2.05. The number of fused-ring (bicyclic) bond motifs is 1. The van der Waals surface area contributed by atoms with E-state index >= 15 is 0 Å². The Kier molecular flexibility index (Phi) is 5.66. The molecule has 0 radical (unpaired) electrons. The second kappa shape index (κ2) is 8.74. The van der Waals surface area contributed by atoms with Gasteiger partial charge >= 0.3 is 0 Å². The molecule has 0 fully saturated rings. The highest BCUT2D eigenvalue weighted by Crippen LogP contribution is 2.35. The highest BCUT2D eigenvalue weighted by Gasteiger charge is 2.23. The van der Waals surface area contributed by atoms with E-state index in [0.717, 1.165) is 27.6 Å². The lowest BCUT2D eigenvalue weighted by molar-refractivity contribution is -0.113. The summed E-state index contributed by atoms with van der Waals surface area (Å²) in [6.45, 7) is 0. The van der Waals surface area contributed by atoms with E-state index in [0.29, 0.717) is 25.8 Å². The Bertz CT molecular complexity index is 1400. The molecular formula is C24H14Cl2N4OS. The van der Waals surface area contributed by atoms with Crippen molar-refractivity contribution in [2.75, 3.05) is 5.32 Å². The standard InChI is InChI=1S/C24H14Cl2N4OS/c25-18-2-1-3-19(26)22(18)29-24-30-23(31)21(32-24)13-14-4-5-20-17(12-14)16(8-11-28-20)15-6-9-27-10-7-15/h1-13H,(H,29,30,31). The van der Waals surface area contributed by atoms with E-state index in [1.807, 2.05) is 42.5 Å². The van der Waals surface area contributed by atoms with Gasteiger partial charge in [0.2, 0.25) is 0 Å². The summed E-state index contributed by atoms with van der Waals surface area (Å²) >= 11 is 13.7. The Hall–Kier alpha value is -3.19. The number of nitrogens with zero attached hydrogens (tertiary/aromatic N) is 3. The molecular weight excluding hydrogens is 463 g/mol. The van der Waals surface area contributed by atoms with Crippen LogP contribution in [0.2, 0.25) is 10.0 Å². The van der Waals surface area contributed by atoms with Crippen molar-refractivity contribution in [1.82, 2.24) is 9.97 Å². The summed E-state index contributed by atoms with van der Waals surface area (Å²) < 4.78 is 0. The zero-order valence-electron chi connectivity index (χ0n) is 16.4. The van der Waals surface area contributed by atoms with Crippen molar-refractivity contribution >= 4 is 68.7 Å². The topological polar surface area (TPSA) is 67.2 Å². The summed E-state index contributed by atoms with van der Waals surface area (Å²) in [5, 5.41) is 5.38. The highest BCUT2D eigenvalue weighted by molar-refractivity contribution is 8.18. The van der Waals surface area contributed by atoms with Gasteiger partial charge in [-0.05, 0) is 77.0 Å². The summed E-state index contributed by atoms with van der Waals surface area (Å²) in [5.41, 5.74) is 4.38. The molecule has 1 amide bonds. The lowest BCUT2D eigenvalue weighted by atomic mass is 10.0. The minimum atomic E-state index is -0.318. The van der Waals surface area contributed by atoms with Crippen molar-refractivity contribution in [3.8, 4) is 11.1 Å². The predicted molar refractivity (Wildman–Crippen MR) is 133 cm³/mol. The molecule has 1 N–H and O–H groups in total. The van der Waals surface area contributed by atoms with E-state index in [1.54, 1.807) is 36.8 Å². The molecule has 0 aliphatic carbocycles. The molecule has 2 aromatic carbocycles. The van der Waals surface area contributed by atoms with E-state index in [1.165, 1.54) is 11.8 Å². The number of nitrogens with one attached hydrogen (secondary N) is 1. The van der Waals surface area contributed by atoms with Crippen LogP contribution in [0.25, 0.3) is 28.1 Å². The summed E-state index contributed by atoms with van der Waals surface area (Å²) in [5.74, 6) is -0.318. The molecule has 0 bridgehead atoms. The van der Waals surface area contributed by atoms with Crippen LogP contribution in [0.1, 0.15) is 5.56 Å². The molecule has 0 saturated carbocycles. The van der Waals surface area contributed by atoms with Gasteiger partial charge in [-0.1, -0.05) is 35.3 Å². The van der Waals surface area contributed by atoms with E-state index in [-0.39, 0.29) is 5.91 Å².